The maximum atomic E-state index is 5.18. The lowest BCUT2D eigenvalue weighted by molar-refractivity contribution is 0.953. The maximum Gasteiger partial charge on any atom is 0.238 e. The third-order valence-electron chi connectivity index (χ3n) is 12.3. The van der Waals surface area contributed by atoms with Crippen LogP contribution in [0, 0.1) is 0 Å². The standard InChI is InChI=1S/C53H34N6/c1-4-15-34(16-5-1)51-54-52(35-17-6-2-7-18-35)56-53(55-51)59-44-25-13-10-22-39(44)41-32-38(29-30-45(41)59)58-46-26-14-19-33-27-28-36-31-42-40-23-11-12-24-43(40)57(37-20-8-3-9-21-37)49(42)50(58)48(36)47(33)46/h1-26,29-32H,27-28H2. The number of hydrogen-bond acceptors (Lipinski definition) is 3. The highest BCUT2D eigenvalue weighted by atomic mass is 15.2. The van der Waals surface area contributed by atoms with Crippen LogP contribution in [-0.4, -0.2) is 28.7 Å². The molecule has 0 saturated carbocycles. The van der Waals surface area contributed by atoms with Crippen LogP contribution in [-0.2, 0) is 12.8 Å². The van der Waals surface area contributed by atoms with Crippen molar-refractivity contribution in [1.82, 2.24) is 28.7 Å². The van der Waals surface area contributed by atoms with Gasteiger partial charge in [0.1, 0.15) is 0 Å². The van der Waals surface area contributed by atoms with Crippen molar-refractivity contribution >= 4 is 65.4 Å². The molecule has 4 heterocycles. The predicted octanol–water partition coefficient (Wildman–Crippen LogP) is 12.6. The van der Waals surface area contributed by atoms with Crippen LogP contribution in [0.15, 0.2) is 182 Å². The fourth-order valence-corrected chi connectivity index (χ4v) is 9.84. The summed E-state index contributed by atoms with van der Waals surface area (Å²) in [5, 5.41) is 7.57. The number of aryl methyl sites for hydroxylation is 2. The van der Waals surface area contributed by atoms with Gasteiger partial charge in [0.25, 0.3) is 0 Å². The highest BCUT2D eigenvalue weighted by Crippen LogP contribution is 2.47. The number of hydrogen-bond donors (Lipinski definition) is 0. The van der Waals surface area contributed by atoms with E-state index in [0.717, 1.165) is 57.1 Å². The second-order valence-corrected chi connectivity index (χ2v) is 15.6. The van der Waals surface area contributed by atoms with Crippen molar-refractivity contribution in [2.24, 2.45) is 0 Å². The highest BCUT2D eigenvalue weighted by Gasteiger charge is 2.27. The fraction of sp³-hybridized carbons (Fsp3) is 0.0377. The van der Waals surface area contributed by atoms with Crippen molar-refractivity contribution in [3.8, 4) is 40.1 Å². The van der Waals surface area contributed by atoms with E-state index in [4.69, 9.17) is 15.0 Å². The van der Waals surface area contributed by atoms with E-state index in [2.05, 4.69) is 159 Å². The van der Waals surface area contributed by atoms with Crippen molar-refractivity contribution in [2.75, 3.05) is 0 Å². The quantitative estimate of drug-likeness (QED) is 0.176. The van der Waals surface area contributed by atoms with E-state index in [1.807, 2.05) is 36.4 Å². The van der Waals surface area contributed by atoms with Crippen LogP contribution in [0.5, 0.6) is 0 Å². The zero-order chi connectivity index (χ0) is 38.6. The first kappa shape index (κ1) is 32.3. The molecule has 1 aliphatic carbocycles. The number of para-hydroxylation sites is 3. The molecule has 0 atom stereocenters. The molecule has 0 spiro atoms. The molecule has 276 valence electrons. The molecule has 0 saturated heterocycles. The van der Waals surface area contributed by atoms with E-state index >= 15 is 0 Å². The number of nitrogens with zero attached hydrogens (tertiary/aromatic N) is 6. The highest BCUT2D eigenvalue weighted by molar-refractivity contribution is 6.26. The lowest BCUT2D eigenvalue weighted by atomic mass is 9.90. The molecule has 12 aromatic rings. The Bertz CT molecular complexity index is 3590. The smallest absolute Gasteiger partial charge is 0.238 e. The van der Waals surface area contributed by atoms with Gasteiger partial charge in [0, 0.05) is 54.8 Å². The van der Waals surface area contributed by atoms with E-state index in [1.54, 1.807) is 0 Å². The summed E-state index contributed by atoms with van der Waals surface area (Å²) in [6.45, 7) is 0. The van der Waals surface area contributed by atoms with Crippen molar-refractivity contribution in [1.29, 1.82) is 0 Å². The lowest BCUT2D eigenvalue weighted by Crippen LogP contribution is -2.06. The molecular weight excluding hydrogens is 721 g/mol. The van der Waals surface area contributed by atoms with E-state index < -0.39 is 0 Å². The number of rotatable bonds is 5. The Morgan fingerprint density at radius 2 is 0.898 bits per heavy atom. The van der Waals surface area contributed by atoms with Crippen LogP contribution < -0.4 is 0 Å². The first-order valence-electron chi connectivity index (χ1n) is 20.3. The van der Waals surface area contributed by atoms with E-state index in [-0.39, 0.29) is 0 Å². The molecule has 0 amide bonds. The normalized spacial score (nSPS) is 12.6. The summed E-state index contributed by atoms with van der Waals surface area (Å²) >= 11 is 0. The average molecular weight is 755 g/mol. The van der Waals surface area contributed by atoms with Crippen molar-refractivity contribution in [3.05, 3.63) is 193 Å². The second kappa shape index (κ2) is 12.3. The Balaban J connectivity index is 1.13. The molecule has 8 aromatic carbocycles. The summed E-state index contributed by atoms with van der Waals surface area (Å²) in [6.07, 6.45) is 2.04. The Kier molecular flexibility index (Phi) is 6.75. The molecule has 4 aromatic heterocycles. The Morgan fingerprint density at radius 1 is 0.339 bits per heavy atom. The number of fused-ring (bicyclic) bond motifs is 7. The zero-order valence-corrected chi connectivity index (χ0v) is 31.9. The molecule has 13 rings (SSSR count). The first-order valence-corrected chi connectivity index (χ1v) is 20.3. The minimum absolute atomic E-state index is 0.586. The summed E-state index contributed by atoms with van der Waals surface area (Å²) in [5.41, 5.74) is 14.0. The van der Waals surface area contributed by atoms with Crippen LogP contribution in [0.25, 0.3) is 106 Å². The summed E-state index contributed by atoms with van der Waals surface area (Å²) in [4.78, 5) is 15.4. The molecule has 0 unspecified atom stereocenters. The van der Waals surface area contributed by atoms with Crippen LogP contribution >= 0.6 is 0 Å². The van der Waals surface area contributed by atoms with Crippen LogP contribution in [0.3, 0.4) is 0 Å². The van der Waals surface area contributed by atoms with Crippen molar-refractivity contribution in [3.63, 3.8) is 0 Å². The second-order valence-electron chi connectivity index (χ2n) is 15.6. The molecule has 0 radical (unpaired) electrons. The molecule has 0 bridgehead atoms. The van der Waals surface area contributed by atoms with Crippen LogP contribution in [0.2, 0.25) is 0 Å². The average Bonchev–Trinajstić information content (AvgIpc) is 3.95. The molecule has 0 aliphatic heterocycles. The Hall–Kier alpha value is -7.83. The monoisotopic (exact) mass is 754 g/mol. The molecule has 6 nitrogen and oxygen atoms in total. The topological polar surface area (TPSA) is 53.5 Å². The van der Waals surface area contributed by atoms with Gasteiger partial charge in [-0.1, -0.05) is 127 Å². The van der Waals surface area contributed by atoms with Crippen molar-refractivity contribution < 1.29 is 0 Å². The van der Waals surface area contributed by atoms with Gasteiger partial charge in [0.15, 0.2) is 11.6 Å². The SMILES string of the molecule is c1ccc(-c2nc(-c3ccccc3)nc(-n3c4ccccc4c4cc(-n5c6cccc7c6c6c(cc8c9ccccc9n(-c9ccccc9)c8c65)CC7)ccc43)n2)cc1. The first-order chi connectivity index (χ1) is 29.3. The van der Waals surface area contributed by atoms with Gasteiger partial charge < -0.3 is 9.13 Å². The van der Waals surface area contributed by atoms with Gasteiger partial charge in [-0.2, -0.15) is 9.97 Å². The van der Waals surface area contributed by atoms with E-state index in [9.17, 15) is 0 Å². The Labute approximate surface area is 338 Å². The van der Waals surface area contributed by atoms with Gasteiger partial charge in [0.2, 0.25) is 5.95 Å². The van der Waals surface area contributed by atoms with Gasteiger partial charge in [-0.15, -0.1) is 0 Å². The minimum atomic E-state index is 0.586. The third kappa shape index (κ3) is 4.65. The van der Waals surface area contributed by atoms with Crippen LogP contribution in [0.4, 0.5) is 0 Å². The molecule has 6 heteroatoms. The third-order valence-corrected chi connectivity index (χ3v) is 12.3. The summed E-state index contributed by atoms with van der Waals surface area (Å²) < 4.78 is 7.23. The van der Waals surface area contributed by atoms with Gasteiger partial charge in [-0.3, -0.25) is 4.57 Å². The largest absolute Gasteiger partial charge is 0.307 e. The lowest BCUT2D eigenvalue weighted by Gasteiger charge is -2.15. The maximum absolute atomic E-state index is 5.18. The molecule has 0 fully saturated rings. The van der Waals surface area contributed by atoms with Crippen molar-refractivity contribution in [2.45, 2.75) is 12.8 Å². The van der Waals surface area contributed by atoms with Gasteiger partial charge in [-0.05, 0) is 78.6 Å². The zero-order valence-electron chi connectivity index (χ0n) is 31.9. The minimum Gasteiger partial charge on any atom is -0.307 e. The summed E-state index contributed by atoms with van der Waals surface area (Å²) in [6, 6.07) is 65.0. The fourth-order valence-electron chi connectivity index (χ4n) is 9.84. The van der Waals surface area contributed by atoms with E-state index in [0.29, 0.717) is 17.6 Å². The van der Waals surface area contributed by atoms with Gasteiger partial charge in [-0.25, -0.2) is 4.98 Å². The number of aromatic nitrogens is 6. The number of benzene rings is 8. The van der Waals surface area contributed by atoms with Gasteiger partial charge in [0.05, 0.1) is 33.1 Å². The molecular formula is C53H34N6. The van der Waals surface area contributed by atoms with Crippen LogP contribution in [0.1, 0.15) is 11.1 Å². The molecule has 1 aliphatic rings. The molecule has 0 N–H and O–H groups in total. The summed E-state index contributed by atoms with van der Waals surface area (Å²) in [7, 11) is 0. The predicted molar refractivity (Wildman–Crippen MR) is 241 cm³/mol. The van der Waals surface area contributed by atoms with Gasteiger partial charge >= 0.3 is 0 Å². The van der Waals surface area contributed by atoms with E-state index in [1.165, 1.54) is 54.7 Å². The Morgan fingerprint density at radius 3 is 1.61 bits per heavy atom. The summed E-state index contributed by atoms with van der Waals surface area (Å²) in [5.74, 6) is 1.86. The molecule has 59 heavy (non-hydrogen) atoms.